The maximum atomic E-state index is 14.8. The number of carbonyl (C=O) groups is 5. The number of nitrogens with two attached hydrogens (primary N) is 3. The number of fused-ring (bicyclic) bond motifs is 5. The number of likely N-dealkylation sites (N-methyl/N-ethyl adjacent to an activating group) is 1. The highest BCUT2D eigenvalue weighted by molar-refractivity contribution is 6.00. The van der Waals surface area contributed by atoms with Gasteiger partial charge >= 0.3 is 6.18 Å². The van der Waals surface area contributed by atoms with Gasteiger partial charge in [0.15, 0.2) is 17.3 Å². The first-order chi connectivity index (χ1) is 31.6. The van der Waals surface area contributed by atoms with Crippen LogP contribution < -0.4 is 32.0 Å². The second-order valence-corrected chi connectivity index (χ2v) is 16.4. The zero-order valence-corrected chi connectivity index (χ0v) is 37.2. The number of nitrogens with one attached hydrogen (secondary N) is 1. The van der Waals surface area contributed by atoms with Crippen molar-refractivity contribution in [2.45, 2.75) is 76.6 Å². The van der Waals surface area contributed by atoms with E-state index < -0.39 is 53.3 Å². The second kappa shape index (κ2) is 23.7. The first kappa shape index (κ1) is 50.6. The summed E-state index contributed by atoms with van der Waals surface area (Å²) < 4.78 is 51.7. The van der Waals surface area contributed by atoms with Crippen LogP contribution in [-0.2, 0) is 31.8 Å². The van der Waals surface area contributed by atoms with Crippen LogP contribution in [0.4, 0.5) is 13.2 Å². The molecular weight excluding hydrogens is 854 g/mol. The first-order valence-corrected chi connectivity index (χ1v) is 22.0. The molecule has 0 fully saturated rings. The van der Waals surface area contributed by atoms with Gasteiger partial charge in [-0.05, 0) is 84.5 Å². The molecule has 0 saturated carbocycles. The van der Waals surface area contributed by atoms with E-state index in [1.165, 1.54) is 24.1 Å². The van der Waals surface area contributed by atoms with Gasteiger partial charge in [0.25, 0.3) is 0 Å². The number of alkyl halides is 3. The second-order valence-electron chi connectivity index (χ2n) is 16.4. The summed E-state index contributed by atoms with van der Waals surface area (Å²) in [6, 6.07) is 21.1. The number of amides is 2. The molecule has 4 bridgehead atoms. The van der Waals surface area contributed by atoms with E-state index in [0.717, 1.165) is 12.1 Å². The number of nitriles is 1. The van der Waals surface area contributed by atoms with E-state index >= 15 is 0 Å². The van der Waals surface area contributed by atoms with Gasteiger partial charge < -0.3 is 36.9 Å². The SMILES string of the molecule is C[C@@H]1CC(=O)[C@@H](N(C)C(=O)[C@H](CCCCN)CC(=O)c2ccc(-c3ccc(C(F)(F)F)cc3)cc2)c2ccc(OCCN)c(c2)-c2cc(ccc2OCCN)C[C@@H](C(=O)CCC#N)NC1=O. The van der Waals surface area contributed by atoms with Gasteiger partial charge in [-0.3, -0.25) is 24.0 Å². The maximum Gasteiger partial charge on any atom is 0.416 e. The molecule has 0 aromatic heterocycles. The third kappa shape index (κ3) is 13.1. The summed E-state index contributed by atoms with van der Waals surface area (Å²) in [7, 11) is 1.48. The van der Waals surface area contributed by atoms with Crippen molar-refractivity contribution in [1.29, 1.82) is 5.26 Å². The van der Waals surface area contributed by atoms with Crippen molar-refractivity contribution in [3.05, 3.63) is 107 Å². The first-order valence-electron chi connectivity index (χ1n) is 22.0. The van der Waals surface area contributed by atoms with Gasteiger partial charge in [0.05, 0.1) is 17.7 Å². The molecule has 16 heteroatoms. The minimum atomic E-state index is -4.48. The Labute approximate surface area is 382 Å². The molecule has 0 saturated heterocycles. The van der Waals surface area contributed by atoms with Crippen molar-refractivity contribution < 1.29 is 46.6 Å². The number of ketones is 3. The number of ether oxygens (including phenoxy) is 2. The van der Waals surface area contributed by atoms with Gasteiger partial charge in [-0.25, -0.2) is 0 Å². The number of hydrogen-bond acceptors (Lipinski definition) is 11. The zero-order chi connectivity index (χ0) is 48.0. The fraction of sp³-hybridized carbons (Fsp3) is 0.400. The van der Waals surface area contributed by atoms with Gasteiger partial charge in [0, 0.05) is 74.3 Å². The molecule has 0 aliphatic carbocycles. The van der Waals surface area contributed by atoms with E-state index in [4.69, 9.17) is 26.7 Å². The van der Waals surface area contributed by atoms with E-state index in [9.17, 15) is 42.4 Å². The quantitative estimate of drug-likeness (QED) is 0.0570. The smallest absolute Gasteiger partial charge is 0.416 e. The van der Waals surface area contributed by atoms with Gasteiger partial charge in [-0.2, -0.15) is 18.4 Å². The summed E-state index contributed by atoms with van der Waals surface area (Å²) in [5.41, 5.74) is 20.2. The highest BCUT2D eigenvalue weighted by atomic mass is 19.4. The van der Waals surface area contributed by atoms with Crippen molar-refractivity contribution >= 4 is 29.2 Å². The van der Waals surface area contributed by atoms with Crippen LogP contribution >= 0.6 is 0 Å². The van der Waals surface area contributed by atoms with Gasteiger partial charge in [-0.15, -0.1) is 0 Å². The highest BCUT2D eigenvalue weighted by Gasteiger charge is 2.36. The molecule has 4 atom stereocenters. The molecule has 5 rings (SSSR count). The summed E-state index contributed by atoms with van der Waals surface area (Å²) in [6.45, 7) is 2.59. The number of unbranched alkanes of at least 4 members (excludes halogenated alkanes) is 1. The largest absolute Gasteiger partial charge is 0.492 e. The molecule has 1 aliphatic heterocycles. The van der Waals surface area contributed by atoms with E-state index in [1.807, 2.05) is 6.07 Å². The molecule has 4 aromatic carbocycles. The Balaban J connectivity index is 1.56. The molecule has 13 nitrogen and oxygen atoms in total. The Morgan fingerprint density at radius 1 is 0.833 bits per heavy atom. The average Bonchev–Trinajstić information content (AvgIpc) is 3.31. The Kier molecular flexibility index (Phi) is 18.1. The molecular formula is C50H57F3N6O7. The molecule has 0 radical (unpaired) electrons. The fourth-order valence-corrected chi connectivity index (χ4v) is 8.02. The lowest BCUT2D eigenvalue weighted by Gasteiger charge is -2.32. The van der Waals surface area contributed by atoms with Gasteiger partial charge in [0.1, 0.15) is 30.8 Å². The lowest BCUT2D eigenvalue weighted by atomic mass is 9.87. The van der Waals surface area contributed by atoms with Crippen molar-refractivity contribution in [2.24, 2.45) is 29.0 Å². The number of Topliss-reactive ketones (excluding diaryl/α,β-unsaturated/α-hetero) is 3. The lowest BCUT2D eigenvalue weighted by Crippen LogP contribution is -2.45. The molecule has 350 valence electrons. The Bertz CT molecular complexity index is 2380. The molecule has 66 heavy (non-hydrogen) atoms. The van der Waals surface area contributed by atoms with Crippen LogP contribution in [0.2, 0.25) is 0 Å². The minimum absolute atomic E-state index is 0.0516. The summed E-state index contributed by atoms with van der Waals surface area (Å²) in [6.07, 6.45) is -3.77. The van der Waals surface area contributed by atoms with E-state index in [0.29, 0.717) is 64.3 Å². The monoisotopic (exact) mass is 910 g/mol. The predicted octanol–water partition coefficient (Wildman–Crippen LogP) is 6.74. The van der Waals surface area contributed by atoms with E-state index in [-0.39, 0.29) is 82.0 Å². The fourth-order valence-electron chi connectivity index (χ4n) is 8.02. The Hall–Kier alpha value is -6.41. The van der Waals surface area contributed by atoms with Crippen LogP contribution in [0.15, 0.2) is 84.9 Å². The lowest BCUT2D eigenvalue weighted by molar-refractivity contribution is -0.142. The third-order valence-electron chi connectivity index (χ3n) is 11.6. The average molecular weight is 911 g/mol. The van der Waals surface area contributed by atoms with Gasteiger partial charge in [0.2, 0.25) is 11.8 Å². The minimum Gasteiger partial charge on any atom is -0.492 e. The Morgan fingerprint density at radius 3 is 2.03 bits per heavy atom. The maximum absolute atomic E-state index is 14.8. The number of rotatable bonds is 19. The standard InChI is InChI=1S/C50H57F3N6O7/c1-31-26-44(62)47(59(2)49(64)37(6-3-4-20-54)30-43(61)35-11-9-33(10-12-35)34-13-16-38(17-14-34)50(51,52)53)36-15-19-46(66-25-23-57)40(29-36)39-27-32(8-18-45(39)65-24-22-56)28-41(58-48(31)63)42(60)7-5-21-55/h8-19,27,29,31,37,41,47H,3-7,20,22-26,28,30,54,56-57H2,1-2H3,(H,58,63)/t31-,37-,41+,47+/m1/s1. The van der Waals surface area contributed by atoms with Crippen molar-refractivity contribution in [2.75, 3.05) is 39.9 Å². The van der Waals surface area contributed by atoms with Crippen molar-refractivity contribution in [3.63, 3.8) is 0 Å². The zero-order valence-electron chi connectivity index (χ0n) is 37.2. The van der Waals surface area contributed by atoms with Crippen LogP contribution in [0.1, 0.15) is 85.0 Å². The van der Waals surface area contributed by atoms with Crippen molar-refractivity contribution in [3.8, 4) is 39.8 Å². The normalized spacial score (nSPS) is 16.9. The summed E-state index contributed by atoms with van der Waals surface area (Å²) >= 11 is 0. The topological polar surface area (TPSA) is 221 Å². The van der Waals surface area contributed by atoms with Crippen molar-refractivity contribution in [1.82, 2.24) is 10.2 Å². The van der Waals surface area contributed by atoms with Gasteiger partial charge in [-0.1, -0.05) is 61.9 Å². The number of benzene rings is 4. The number of halogens is 3. The van der Waals surface area contributed by atoms with E-state index in [2.05, 4.69) is 5.32 Å². The molecule has 1 heterocycles. The van der Waals surface area contributed by atoms with Crippen LogP contribution in [0.5, 0.6) is 11.5 Å². The highest BCUT2D eigenvalue weighted by Crippen LogP contribution is 2.41. The molecule has 2 amide bonds. The Morgan fingerprint density at radius 2 is 1.44 bits per heavy atom. The molecule has 0 unspecified atom stereocenters. The van der Waals surface area contributed by atoms with Crippen LogP contribution in [0.25, 0.3) is 22.3 Å². The summed E-state index contributed by atoms with van der Waals surface area (Å²) in [5, 5.41) is 12.0. The molecule has 1 aliphatic rings. The predicted molar refractivity (Wildman–Crippen MR) is 243 cm³/mol. The number of carbonyl (C=O) groups excluding carboxylic acids is 5. The van der Waals surface area contributed by atoms with E-state index in [1.54, 1.807) is 67.6 Å². The molecule has 0 spiro atoms. The number of hydrogen-bond donors (Lipinski definition) is 4. The van der Waals surface area contributed by atoms with Crippen LogP contribution in [0.3, 0.4) is 0 Å². The third-order valence-corrected chi connectivity index (χ3v) is 11.6. The molecule has 7 N–H and O–H groups in total. The number of nitrogens with zero attached hydrogens (tertiary/aromatic N) is 2. The van der Waals surface area contributed by atoms with Crippen LogP contribution in [-0.4, -0.2) is 80.0 Å². The summed E-state index contributed by atoms with van der Waals surface area (Å²) in [5.74, 6) is -3.30. The summed E-state index contributed by atoms with van der Waals surface area (Å²) in [4.78, 5) is 72.1. The molecule has 4 aromatic rings. The van der Waals surface area contributed by atoms with Crippen LogP contribution in [0, 0.1) is 23.2 Å².